The zero-order valence-corrected chi connectivity index (χ0v) is 8.91. The number of hydrogen-bond donors (Lipinski definition) is 0. The first-order valence-corrected chi connectivity index (χ1v) is 6.03. The van der Waals surface area contributed by atoms with Gasteiger partial charge in [0.15, 0.2) is 0 Å². The van der Waals surface area contributed by atoms with E-state index in [9.17, 15) is 0 Å². The molecule has 0 nitrogen and oxygen atoms in total. The average Bonchev–Trinajstić information content (AvgIpc) is 1.82. The molecule has 0 aromatic rings. The van der Waals surface area contributed by atoms with Gasteiger partial charge < -0.3 is 0 Å². The third-order valence-electron chi connectivity index (χ3n) is 0.684. The Bertz CT molecular complexity index is 144. The van der Waals surface area contributed by atoms with Gasteiger partial charge in [-0.3, -0.25) is 0 Å². The number of thioether (sulfide) groups is 1. The summed E-state index contributed by atoms with van der Waals surface area (Å²) in [5, 5.41) is 1.53. The van der Waals surface area contributed by atoms with Crippen LogP contribution in [0.1, 0.15) is 13.8 Å². The summed E-state index contributed by atoms with van der Waals surface area (Å²) in [7, 11) is 0. The molecule has 0 fully saturated rings. The topological polar surface area (TPSA) is 0 Å². The van der Waals surface area contributed by atoms with Crippen molar-refractivity contribution in [2.24, 2.45) is 0 Å². The van der Waals surface area contributed by atoms with Gasteiger partial charge in [0.1, 0.15) is 0 Å². The van der Waals surface area contributed by atoms with Gasteiger partial charge in [-0.1, -0.05) is 0 Å². The molecule has 0 amide bonds. The van der Waals surface area contributed by atoms with E-state index in [0.29, 0.717) is 20.2 Å². The molecule has 0 saturated heterocycles. The second-order valence-corrected chi connectivity index (χ2v) is 6.53. The van der Waals surface area contributed by atoms with Crippen LogP contribution in [0.25, 0.3) is 0 Å². The van der Waals surface area contributed by atoms with E-state index in [-0.39, 0.29) is 0 Å². The van der Waals surface area contributed by atoms with Gasteiger partial charge in [0, 0.05) is 0 Å². The van der Waals surface area contributed by atoms with Crippen LogP contribution in [0.4, 0.5) is 0 Å². The van der Waals surface area contributed by atoms with E-state index in [4.69, 9.17) is 6.42 Å². The van der Waals surface area contributed by atoms with Crippen LogP contribution in [0.15, 0.2) is 10.4 Å². The summed E-state index contributed by atoms with van der Waals surface area (Å²) in [5.41, 5.74) is 0. The van der Waals surface area contributed by atoms with Gasteiger partial charge in [0.25, 0.3) is 0 Å². The molecule has 0 N–H and O–H groups in total. The van der Waals surface area contributed by atoms with Gasteiger partial charge in [0.2, 0.25) is 0 Å². The van der Waals surface area contributed by atoms with Crippen molar-refractivity contribution in [3.8, 4) is 12.3 Å². The third-order valence-corrected chi connectivity index (χ3v) is 3.96. The zero-order valence-electron chi connectivity index (χ0n) is 6.39. The average molecular weight is 219 g/mol. The predicted molar refractivity (Wildman–Crippen MR) is 51.3 cm³/mol. The molecule has 0 rings (SSSR count). The molecule has 10 heavy (non-hydrogen) atoms. The molecule has 0 aromatic carbocycles. The SMILES string of the molecule is C#CC[Se]C(=C)SC(C)C. The van der Waals surface area contributed by atoms with E-state index in [1.165, 1.54) is 3.80 Å². The first-order chi connectivity index (χ1) is 4.66. The normalized spacial score (nSPS) is 9.40. The van der Waals surface area contributed by atoms with E-state index in [1.54, 1.807) is 0 Å². The van der Waals surface area contributed by atoms with Crippen molar-refractivity contribution >= 4 is 26.7 Å². The van der Waals surface area contributed by atoms with Gasteiger partial charge in [-0.05, 0) is 0 Å². The molecular formula is C8H12SSe. The van der Waals surface area contributed by atoms with Crippen molar-refractivity contribution in [2.45, 2.75) is 24.4 Å². The Hall–Kier alpha value is 0.169. The molecule has 0 radical (unpaired) electrons. The molecular weight excluding hydrogens is 207 g/mol. The molecule has 0 aliphatic rings. The number of hydrogen-bond acceptors (Lipinski definition) is 1. The van der Waals surface area contributed by atoms with Crippen molar-refractivity contribution in [3.63, 3.8) is 0 Å². The zero-order chi connectivity index (χ0) is 7.98. The Morgan fingerprint density at radius 2 is 2.40 bits per heavy atom. The fraction of sp³-hybridized carbons (Fsp3) is 0.500. The number of terminal acetylenes is 1. The second kappa shape index (κ2) is 5.92. The quantitative estimate of drug-likeness (QED) is 0.516. The standard InChI is InChI=1S/C8H12SSe/c1-5-6-10-8(4)9-7(2)3/h1,7H,4,6H2,2-3H3. The molecule has 0 spiro atoms. The molecule has 0 aliphatic heterocycles. The van der Waals surface area contributed by atoms with Gasteiger partial charge >= 0.3 is 73.9 Å². The van der Waals surface area contributed by atoms with E-state index in [0.717, 1.165) is 5.32 Å². The second-order valence-electron chi connectivity index (χ2n) is 2.03. The van der Waals surface area contributed by atoms with Crippen LogP contribution in [0.3, 0.4) is 0 Å². The van der Waals surface area contributed by atoms with Crippen LogP contribution >= 0.6 is 11.8 Å². The molecule has 0 saturated carbocycles. The molecule has 0 aromatic heterocycles. The molecule has 0 atom stereocenters. The van der Waals surface area contributed by atoms with Crippen LogP contribution in [0.2, 0.25) is 5.32 Å². The summed E-state index contributed by atoms with van der Waals surface area (Å²) >= 11 is 2.28. The summed E-state index contributed by atoms with van der Waals surface area (Å²) in [5.74, 6) is 2.63. The van der Waals surface area contributed by atoms with Crippen molar-refractivity contribution < 1.29 is 0 Å². The van der Waals surface area contributed by atoms with Crippen molar-refractivity contribution in [1.82, 2.24) is 0 Å². The number of rotatable bonds is 4. The minimum atomic E-state index is 0.448. The molecule has 0 bridgehead atoms. The maximum absolute atomic E-state index is 5.12. The predicted octanol–water partition coefficient (Wildman–Crippen LogP) is 2.35. The molecule has 2 heteroatoms. The van der Waals surface area contributed by atoms with Crippen LogP contribution in [-0.4, -0.2) is 20.2 Å². The maximum atomic E-state index is 5.12. The van der Waals surface area contributed by atoms with Crippen LogP contribution in [0, 0.1) is 12.3 Å². The van der Waals surface area contributed by atoms with Gasteiger partial charge in [-0.25, -0.2) is 0 Å². The summed E-state index contributed by atoms with van der Waals surface area (Å²) in [6, 6.07) is 0. The summed E-state index contributed by atoms with van der Waals surface area (Å²) in [6.07, 6.45) is 5.12. The van der Waals surface area contributed by atoms with Crippen molar-refractivity contribution in [3.05, 3.63) is 10.4 Å². The Morgan fingerprint density at radius 3 is 2.80 bits per heavy atom. The van der Waals surface area contributed by atoms with E-state index in [1.807, 2.05) is 11.8 Å². The van der Waals surface area contributed by atoms with Gasteiger partial charge in [-0.2, -0.15) is 0 Å². The van der Waals surface area contributed by atoms with Crippen molar-refractivity contribution in [1.29, 1.82) is 0 Å². The first-order valence-electron chi connectivity index (χ1n) is 3.08. The fourth-order valence-corrected chi connectivity index (χ4v) is 3.47. The van der Waals surface area contributed by atoms with E-state index in [2.05, 4.69) is 26.3 Å². The van der Waals surface area contributed by atoms with E-state index < -0.39 is 0 Å². The molecule has 0 heterocycles. The molecule has 0 aliphatic carbocycles. The van der Waals surface area contributed by atoms with E-state index >= 15 is 0 Å². The third kappa shape index (κ3) is 6.29. The summed E-state index contributed by atoms with van der Waals surface area (Å²) in [6.45, 7) is 8.26. The van der Waals surface area contributed by atoms with Crippen LogP contribution in [-0.2, 0) is 0 Å². The Balaban J connectivity index is 3.37. The Morgan fingerprint density at radius 1 is 1.80 bits per heavy atom. The van der Waals surface area contributed by atoms with Crippen molar-refractivity contribution in [2.75, 3.05) is 0 Å². The fourth-order valence-electron chi connectivity index (χ4n) is 0.419. The molecule has 56 valence electrons. The van der Waals surface area contributed by atoms with Gasteiger partial charge in [0.05, 0.1) is 0 Å². The Labute approximate surface area is 74.0 Å². The molecule has 0 unspecified atom stereocenters. The summed E-state index contributed by atoms with van der Waals surface area (Å²) < 4.78 is 1.26. The summed E-state index contributed by atoms with van der Waals surface area (Å²) in [4.78, 5) is 0. The minimum absolute atomic E-state index is 0.448. The van der Waals surface area contributed by atoms with Gasteiger partial charge in [-0.15, -0.1) is 0 Å². The Kier molecular flexibility index (Phi) is 6.02. The first kappa shape index (κ1) is 10.2. The van der Waals surface area contributed by atoms with Crippen LogP contribution < -0.4 is 0 Å². The van der Waals surface area contributed by atoms with Crippen LogP contribution in [0.5, 0.6) is 0 Å². The monoisotopic (exact) mass is 220 g/mol.